The molecule has 0 fully saturated rings. The molecule has 12 heteroatoms. The SMILES string of the molecule is CC#CC#CC(C)Cc1sc(-c2nc3c(-c4cccs4)c4sc(-c5sc(CC(C)C)c(Cl)c5[Si](C)(C)C)nc4c(-c4cccs4)c3s2)c([Si](C)(C)C)c1Cl. The van der Waals surface area contributed by atoms with E-state index in [-0.39, 0.29) is 5.92 Å². The van der Waals surface area contributed by atoms with Crippen molar-refractivity contribution in [3.8, 4) is 64.3 Å². The van der Waals surface area contributed by atoms with E-state index in [1.165, 1.54) is 60.2 Å². The lowest BCUT2D eigenvalue weighted by atomic mass is 10.1. The van der Waals surface area contributed by atoms with Crippen LogP contribution in [0.2, 0.25) is 49.3 Å². The second kappa shape index (κ2) is 15.7. The van der Waals surface area contributed by atoms with Crippen LogP contribution in [0, 0.1) is 35.5 Å². The normalized spacial score (nSPS) is 12.8. The van der Waals surface area contributed by atoms with Crippen molar-refractivity contribution in [2.45, 2.75) is 79.8 Å². The summed E-state index contributed by atoms with van der Waals surface area (Å²) in [6.45, 7) is 22.9. The third-order valence-electron chi connectivity index (χ3n) is 9.03. The molecule has 0 N–H and O–H groups in total. The summed E-state index contributed by atoms with van der Waals surface area (Å²) >= 11 is 25.5. The molecule has 278 valence electrons. The average Bonchev–Trinajstić information content (AvgIpc) is 3.93. The van der Waals surface area contributed by atoms with Crippen molar-refractivity contribution in [3.63, 3.8) is 0 Å². The molecule has 7 rings (SSSR count). The highest BCUT2D eigenvalue weighted by Gasteiger charge is 2.34. The molecular weight excluding hydrogens is 852 g/mol. The number of nitrogens with zero attached hydrogens (tertiary/aromatic N) is 2. The van der Waals surface area contributed by atoms with Gasteiger partial charge in [-0.15, -0.1) is 68.0 Å². The molecule has 0 aliphatic carbocycles. The van der Waals surface area contributed by atoms with E-state index in [0.29, 0.717) is 5.92 Å². The van der Waals surface area contributed by atoms with Gasteiger partial charge in [0.25, 0.3) is 0 Å². The van der Waals surface area contributed by atoms with Crippen LogP contribution in [-0.4, -0.2) is 26.1 Å². The Kier molecular flexibility index (Phi) is 11.7. The van der Waals surface area contributed by atoms with Crippen molar-refractivity contribution in [2.75, 3.05) is 0 Å². The molecule has 1 atom stereocenters. The van der Waals surface area contributed by atoms with Gasteiger partial charge < -0.3 is 0 Å². The molecule has 0 aliphatic heterocycles. The summed E-state index contributed by atoms with van der Waals surface area (Å²) < 4.78 is 2.37. The van der Waals surface area contributed by atoms with Crippen LogP contribution >= 0.6 is 91.2 Å². The quantitative estimate of drug-likeness (QED) is 0.101. The minimum atomic E-state index is -1.89. The third kappa shape index (κ3) is 7.66. The number of aromatic nitrogens is 2. The van der Waals surface area contributed by atoms with Gasteiger partial charge >= 0.3 is 0 Å². The van der Waals surface area contributed by atoms with E-state index in [1.807, 2.05) is 29.6 Å². The average molecular weight is 894 g/mol. The first-order chi connectivity index (χ1) is 25.6. The maximum absolute atomic E-state index is 7.36. The van der Waals surface area contributed by atoms with Gasteiger partial charge in [-0.2, -0.15) is 0 Å². The zero-order valence-corrected chi connectivity index (χ0v) is 40.5. The van der Waals surface area contributed by atoms with Crippen molar-refractivity contribution in [3.05, 3.63) is 54.8 Å². The van der Waals surface area contributed by atoms with Crippen molar-refractivity contribution in [2.24, 2.45) is 11.8 Å². The standard InChI is InChI=1S/C42H42Cl2N2S6Si2/c1-11-12-13-16-24(4)22-28-32(44)40(54(8,9)10)38(50-28)42-46-34-30(26-18-15-20-48-26)35-33(29(36(34)52-42)25-17-14-19-47-25)45-41(51-35)37-39(53(5,6)7)31(43)27(49-37)21-23(2)3/h14-15,17-20,23-24H,21-22H2,1-10H3. The first-order valence-corrected chi connectivity index (χ1v) is 30.8. The summed E-state index contributed by atoms with van der Waals surface area (Å²) in [6, 6.07) is 8.76. The highest BCUT2D eigenvalue weighted by Crippen LogP contribution is 2.52. The molecule has 0 bridgehead atoms. The number of hydrogen-bond acceptors (Lipinski definition) is 8. The van der Waals surface area contributed by atoms with Crippen molar-refractivity contribution in [1.29, 1.82) is 0 Å². The number of thiophene rings is 4. The second-order valence-corrected chi connectivity index (χ2v) is 32.9. The van der Waals surface area contributed by atoms with Crippen LogP contribution < -0.4 is 10.4 Å². The Morgan fingerprint density at radius 2 is 1.13 bits per heavy atom. The molecule has 0 spiro atoms. The van der Waals surface area contributed by atoms with Gasteiger partial charge in [-0.25, -0.2) is 9.97 Å². The highest BCUT2D eigenvalue weighted by molar-refractivity contribution is 7.30. The molecule has 1 unspecified atom stereocenters. The number of benzene rings is 1. The highest BCUT2D eigenvalue weighted by atomic mass is 35.5. The lowest BCUT2D eigenvalue weighted by Crippen LogP contribution is -2.38. The minimum Gasteiger partial charge on any atom is -0.234 e. The third-order valence-corrected chi connectivity index (χ3v) is 21.4. The van der Waals surface area contributed by atoms with Gasteiger partial charge in [-0.1, -0.05) is 107 Å². The lowest BCUT2D eigenvalue weighted by molar-refractivity contribution is 0.654. The first kappa shape index (κ1) is 40.1. The summed E-state index contributed by atoms with van der Waals surface area (Å²) in [7, 11) is -3.71. The molecule has 7 aromatic rings. The molecule has 2 nitrogen and oxygen atoms in total. The molecule has 54 heavy (non-hydrogen) atoms. The zero-order valence-electron chi connectivity index (χ0n) is 32.1. The van der Waals surface area contributed by atoms with Gasteiger partial charge in [0.2, 0.25) is 0 Å². The first-order valence-electron chi connectivity index (χ1n) is 18.0. The topological polar surface area (TPSA) is 25.8 Å². The van der Waals surface area contributed by atoms with E-state index in [0.717, 1.165) is 43.9 Å². The largest absolute Gasteiger partial charge is 0.234 e. The summed E-state index contributed by atoms with van der Waals surface area (Å²) in [5, 5.41) is 10.9. The predicted octanol–water partition coefficient (Wildman–Crippen LogP) is 14.6. The number of rotatable bonds is 10. The summed E-state index contributed by atoms with van der Waals surface area (Å²) in [6.07, 6.45) is 1.77. The zero-order chi connectivity index (χ0) is 38.7. The number of halogens is 2. The van der Waals surface area contributed by atoms with Gasteiger partial charge in [0.1, 0.15) is 10.0 Å². The van der Waals surface area contributed by atoms with E-state index in [9.17, 15) is 0 Å². The fourth-order valence-electron chi connectivity index (χ4n) is 6.77. The van der Waals surface area contributed by atoms with Crippen LogP contribution in [0.15, 0.2) is 35.0 Å². The lowest BCUT2D eigenvalue weighted by Gasteiger charge is -2.17. The predicted molar refractivity (Wildman–Crippen MR) is 255 cm³/mol. The van der Waals surface area contributed by atoms with E-state index >= 15 is 0 Å². The fraction of sp³-hybridized carbons (Fsp3) is 0.333. The van der Waals surface area contributed by atoms with E-state index in [1.54, 1.807) is 45.3 Å². The molecule has 6 aromatic heterocycles. The monoisotopic (exact) mass is 892 g/mol. The Labute approximate surface area is 355 Å². The summed E-state index contributed by atoms with van der Waals surface area (Å²) in [5.74, 6) is 12.7. The van der Waals surface area contributed by atoms with Crippen LogP contribution in [0.4, 0.5) is 0 Å². The van der Waals surface area contributed by atoms with Crippen LogP contribution in [0.25, 0.3) is 61.1 Å². The molecule has 0 amide bonds. The smallest absolute Gasteiger partial charge is 0.134 e. The van der Waals surface area contributed by atoms with Gasteiger partial charge in [0.05, 0.1) is 56.4 Å². The summed E-state index contributed by atoms with van der Waals surface area (Å²) in [5.41, 5.74) is 4.46. The van der Waals surface area contributed by atoms with Crippen LogP contribution in [0.5, 0.6) is 0 Å². The van der Waals surface area contributed by atoms with Gasteiger partial charge in [0, 0.05) is 36.6 Å². The van der Waals surface area contributed by atoms with E-state index in [4.69, 9.17) is 33.2 Å². The van der Waals surface area contributed by atoms with E-state index < -0.39 is 16.1 Å². The molecule has 6 heterocycles. The molecule has 1 aromatic carbocycles. The Morgan fingerprint density at radius 3 is 1.52 bits per heavy atom. The van der Waals surface area contributed by atoms with Gasteiger partial charge in [0.15, 0.2) is 0 Å². The van der Waals surface area contributed by atoms with Crippen LogP contribution in [0.1, 0.15) is 37.4 Å². The van der Waals surface area contributed by atoms with Gasteiger partial charge in [-0.05, 0) is 70.8 Å². The van der Waals surface area contributed by atoms with Crippen molar-refractivity contribution >= 4 is 138 Å². The molecule has 0 saturated heterocycles. The molecular formula is C42H42Cl2N2S6Si2. The maximum atomic E-state index is 7.36. The second-order valence-electron chi connectivity index (χ2n) is 16.0. The maximum Gasteiger partial charge on any atom is 0.134 e. The van der Waals surface area contributed by atoms with E-state index in [2.05, 4.69) is 119 Å². The van der Waals surface area contributed by atoms with Gasteiger partial charge in [-0.3, -0.25) is 0 Å². The number of fused-ring (bicyclic) bond motifs is 2. The number of thiazole rings is 2. The number of hydrogen-bond donors (Lipinski definition) is 0. The molecule has 0 aliphatic rings. The Morgan fingerprint density at radius 1 is 0.667 bits per heavy atom. The van der Waals surface area contributed by atoms with Crippen LogP contribution in [0.3, 0.4) is 0 Å². The van der Waals surface area contributed by atoms with Crippen molar-refractivity contribution < 1.29 is 0 Å². The summed E-state index contributed by atoms with van der Waals surface area (Å²) in [4.78, 5) is 18.6. The molecule has 0 radical (unpaired) electrons. The Balaban J connectivity index is 1.52. The molecule has 0 saturated carbocycles. The van der Waals surface area contributed by atoms with Crippen molar-refractivity contribution in [1.82, 2.24) is 9.97 Å². The minimum absolute atomic E-state index is 0.142. The Hall–Kier alpha value is -2.07. The van der Waals surface area contributed by atoms with Crippen LogP contribution in [-0.2, 0) is 12.8 Å². The fourth-order valence-corrected chi connectivity index (χ4v) is 21.5. The Bertz CT molecular complexity index is 2530.